The van der Waals surface area contributed by atoms with E-state index in [4.69, 9.17) is 21.9 Å². The molecule has 178 valence electrons. The summed E-state index contributed by atoms with van der Waals surface area (Å²) in [7, 11) is 1.25. The summed E-state index contributed by atoms with van der Waals surface area (Å²) in [6.45, 7) is 0.472. The molecule has 13 nitrogen and oxygen atoms in total. The first-order valence-corrected chi connectivity index (χ1v) is 10.3. The summed E-state index contributed by atoms with van der Waals surface area (Å²) in [4.78, 5) is 54.0. The average Bonchev–Trinajstić information content (AvgIpc) is 2.84. The molecule has 0 aliphatic heterocycles. The minimum absolute atomic E-state index is 0.0111. The number of hydrogen-bond donors (Lipinski definition) is 4. The van der Waals surface area contributed by atoms with Crippen molar-refractivity contribution in [3.8, 4) is 0 Å². The third-order valence-corrected chi connectivity index (χ3v) is 4.91. The Bertz CT molecular complexity index is 1190. The molecule has 0 radical (unpaired) electrons. The second kappa shape index (κ2) is 11.0. The van der Waals surface area contributed by atoms with Gasteiger partial charge in [-0.2, -0.15) is 9.97 Å². The Hall–Kier alpha value is -4.39. The van der Waals surface area contributed by atoms with Crippen molar-refractivity contribution >= 4 is 46.9 Å². The standard InChI is InChI=1S/C21H25N9O4/c1-34-20(33)15(3-2-8-22)27-19(32)12-4-6-14(7-5-12)30(11-31)10-13-9-25-18-16(26-13)17(23)28-21(24)29-18/h4-7,9,11,15H,2-3,8,10,22H2,1H3,(H,27,32)(H4,23,24,25,28,29)/t15-/m0/s1. The molecule has 2 aromatic heterocycles. The number of carbonyl (C=O) groups is 3. The van der Waals surface area contributed by atoms with Gasteiger partial charge in [-0.1, -0.05) is 0 Å². The van der Waals surface area contributed by atoms with E-state index in [0.29, 0.717) is 42.7 Å². The first-order valence-electron chi connectivity index (χ1n) is 10.3. The van der Waals surface area contributed by atoms with E-state index in [0.717, 1.165) is 0 Å². The van der Waals surface area contributed by atoms with Crippen LogP contribution in [0, 0.1) is 0 Å². The number of nitrogens with one attached hydrogen (secondary N) is 1. The minimum atomic E-state index is -0.801. The van der Waals surface area contributed by atoms with Gasteiger partial charge >= 0.3 is 5.97 Å². The molecule has 0 aliphatic carbocycles. The largest absolute Gasteiger partial charge is 0.467 e. The zero-order valence-corrected chi connectivity index (χ0v) is 18.5. The van der Waals surface area contributed by atoms with Gasteiger partial charge in [-0.25, -0.2) is 14.8 Å². The van der Waals surface area contributed by atoms with Crippen LogP contribution in [0.2, 0.25) is 0 Å². The lowest BCUT2D eigenvalue weighted by Gasteiger charge is -2.18. The van der Waals surface area contributed by atoms with E-state index in [9.17, 15) is 14.4 Å². The summed E-state index contributed by atoms with van der Waals surface area (Å²) >= 11 is 0. The van der Waals surface area contributed by atoms with Crippen LogP contribution in [-0.2, 0) is 20.9 Å². The molecule has 13 heteroatoms. The Morgan fingerprint density at radius 1 is 1.18 bits per heavy atom. The summed E-state index contributed by atoms with van der Waals surface area (Å²) in [5.41, 5.74) is 18.7. The number of benzene rings is 1. The number of fused-ring (bicyclic) bond motifs is 1. The highest BCUT2D eigenvalue weighted by Crippen LogP contribution is 2.19. The van der Waals surface area contributed by atoms with Crippen molar-refractivity contribution in [2.24, 2.45) is 5.73 Å². The summed E-state index contributed by atoms with van der Waals surface area (Å²) < 4.78 is 4.73. The monoisotopic (exact) mass is 467 g/mol. The van der Waals surface area contributed by atoms with Crippen molar-refractivity contribution in [3.63, 3.8) is 0 Å². The van der Waals surface area contributed by atoms with Crippen LogP contribution in [0.25, 0.3) is 11.2 Å². The fourth-order valence-electron chi connectivity index (χ4n) is 3.18. The zero-order chi connectivity index (χ0) is 24.7. The molecule has 0 saturated heterocycles. The van der Waals surface area contributed by atoms with Gasteiger partial charge in [-0.05, 0) is 43.7 Å². The number of nitrogens with zero attached hydrogens (tertiary/aromatic N) is 5. The number of methoxy groups -OCH3 is 1. The quantitative estimate of drug-likeness (QED) is 0.226. The topological polar surface area (TPSA) is 205 Å². The molecule has 0 unspecified atom stereocenters. The van der Waals surface area contributed by atoms with Gasteiger partial charge in [0.05, 0.1) is 25.5 Å². The van der Waals surface area contributed by atoms with Crippen LogP contribution in [-0.4, -0.2) is 57.9 Å². The maximum Gasteiger partial charge on any atom is 0.328 e. The molecule has 1 atom stereocenters. The number of rotatable bonds is 10. The number of anilines is 3. The fourth-order valence-corrected chi connectivity index (χ4v) is 3.18. The highest BCUT2D eigenvalue weighted by molar-refractivity contribution is 5.97. The predicted molar refractivity (Wildman–Crippen MR) is 124 cm³/mol. The van der Waals surface area contributed by atoms with Crippen molar-refractivity contribution in [2.45, 2.75) is 25.4 Å². The van der Waals surface area contributed by atoms with Crippen LogP contribution in [0.3, 0.4) is 0 Å². The smallest absolute Gasteiger partial charge is 0.328 e. The number of ether oxygens (including phenoxy) is 1. The number of esters is 1. The summed E-state index contributed by atoms with van der Waals surface area (Å²) in [6, 6.07) is 5.48. The Labute approximate surface area is 194 Å². The van der Waals surface area contributed by atoms with E-state index >= 15 is 0 Å². The van der Waals surface area contributed by atoms with Crippen molar-refractivity contribution < 1.29 is 19.1 Å². The molecule has 0 saturated carbocycles. The number of nitrogen functional groups attached to an aromatic ring is 2. The Morgan fingerprint density at radius 3 is 2.56 bits per heavy atom. The third-order valence-electron chi connectivity index (χ3n) is 4.91. The van der Waals surface area contributed by atoms with Crippen molar-refractivity contribution in [1.82, 2.24) is 25.3 Å². The summed E-state index contributed by atoms with van der Waals surface area (Å²) in [5, 5.41) is 2.64. The molecule has 0 fully saturated rings. The molecule has 3 aromatic rings. The van der Waals surface area contributed by atoms with Crippen LogP contribution in [0.15, 0.2) is 30.5 Å². The molecule has 0 bridgehead atoms. The van der Waals surface area contributed by atoms with Gasteiger partial charge in [-0.3, -0.25) is 9.59 Å². The van der Waals surface area contributed by atoms with Crippen LogP contribution in [0.4, 0.5) is 17.5 Å². The lowest BCUT2D eigenvalue weighted by molar-refractivity contribution is -0.143. The van der Waals surface area contributed by atoms with Gasteiger partial charge in [0.2, 0.25) is 12.4 Å². The van der Waals surface area contributed by atoms with Crippen LogP contribution in [0.1, 0.15) is 28.9 Å². The zero-order valence-electron chi connectivity index (χ0n) is 18.5. The predicted octanol–water partition coefficient (Wildman–Crippen LogP) is -0.242. The minimum Gasteiger partial charge on any atom is -0.467 e. The first kappa shape index (κ1) is 24.3. The lowest BCUT2D eigenvalue weighted by Crippen LogP contribution is -2.41. The third kappa shape index (κ3) is 5.69. The Morgan fingerprint density at radius 2 is 1.91 bits per heavy atom. The fraction of sp³-hybridized carbons (Fsp3) is 0.286. The highest BCUT2D eigenvalue weighted by Gasteiger charge is 2.21. The van der Waals surface area contributed by atoms with Gasteiger partial charge in [0.15, 0.2) is 17.0 Å². The lowest BCUT2D eigenvalue weighted by atomic mass is 10.1. The van der Waals surface area contributed by atoms with Crippen molar-refractivity contribution in [2.75, 3.05) is 30.0 Å². The van der Waals surface area contributed by atoms with Crippen LogP contribution < -0.4 is 27.4 Å². The number of carbonyl (C=O) groups excluding carboxylic acids is 3. The second-order valence-electron chi connectivity index (χ2n) is 7.26. The normalized spacial score (nSPS) is 11.6. The molecule has 0 aliphatic rings. The van der Waals surface area contributed by atoms with Gasteiger partial charge in [0.25, 0.3) is 5.91 Å². The molecule has 1 aromatic carbocycles. The van der Waals surface area contributed by atoms with E-state index in [2.05, 4.69) is 25.3 Å². The van der Waals surface area contributed by atoms with Crippen molar-refractivity contribution in [1.29, 1.82) is 0 Å². The summed E-state index contributed by atoms with van der Waals surface area (Å²) in [5.74, 6) is -0.924. The van der Waals surface area contributed by atoms with E-state index in [1.165, 1.54) is 18.2 Å². The number of amides is 2. The maximum absolute atomic E-state index is 12.6. The number of nitrogens with two attached hydrogens (primary N) is 3. The molecule has 34 heavy (non-hydrogen) atoms. The first-order chi connectivity index (χ1) is 16.4. The van der Waals surface area contributed by atoms with Crippen LogP contribution >= 0.6 is 0 Å². The Kier molecular flexibility index (Phi) is 7.82. The van der Waals surface area contributed by atoms with Gasteiger partial charge in [-0.15, -0.1) is 0 Å². The van der Waals surface area contributed by atoms with Crippen molar-refractivity contribution in [3.05, 3.63) is 41.7 Å². The SMILES string of the molecule is COC(=O)[C@H](CCCN)NC(=O)c1ccc(N(C=O)Cc2cnc3nc(N)nc(N)c3n2)cc1. The van der Waals surface area contributed by atoms with Crippen LogP contribution in [0.5, 0.6) is 0 Å². The molecule has 2 heterocycles. The number of hydrogen-bond acceptors (Lipinski definition) is 11. The van der Waals surface area contributed by atoms with Gasteiger partial charge < -0.3 is 32.2 Å². The molecule has 2 amide bonds. The molecular weight excluding hydrogens is 442 g/mol. The molecular formula is C21H25N9O4. The highest BCUT2D eigenvalue weighted by atomic mass is 16.5. The van der Waals surface area contributed by atoms with E-state index in [-0.39, 0.29) is 29.5 Å². The number of aromatic nitrogens is 4. The average molecular weight is 467 g/mol. The molecule has 3 rings (SSSR count). The van der Waals surface area contributed by atoms with E-state index < -0.39 is 17.9 Å². The molecule has 7 N–H and O–H groups in total. The summed E-state index contributed by atoms with van der Waals surface area (Å²) in [6.07, 6.45) is 3.00. The van der Waals surface area contributed by atoms with E-state index in [1.807, 2.05) is 0 Å². The maximum atomic E-state index is 12.6. The van der Waals surface area contributed by atoms with Gasteiger partial charge in [0.1, 0.15) is 6.04 Å². The van der Waals surface area contributed by atoms with E-state index in [1.54, 1.807) is 24.3 Å². The van der Waals surface area contributed by atoms with Gasteiger partial charge in [0, 0.05) is 11.3 Å². The second-order valence-corrected chi connectivity index (χ2v) is 7.26. The molecule has 0 spiro atoms. The Balaban J connectivity index is 1.73.